The van der Waals surface area contributed by atoms with Gasteiger partial charge in [-0.25, -0.2) is 13.1 Å². The normalized spacial score (nSPS) is 22.1. The molecule has 102 valence electrons. The maximum absolute atomic E-state index is 12.2. The van der Waals surface area contributed by atoms with Crippen LogP contribution in [0.2, 0.25) is 0 Å². The summed E-state index contributed by atoms with van der Waals surface area (Å²) in [5, 5.41) is 3.85. The molecular weight excluding hydrogens is 252 g/mol. The van der Waals surface area contributed by atoms with E-state index in [0.29, 0.717) is 0 Å². The van der Waals surface area contributed by atoms with Crippen molar-refractivity contribution in [2.24, 2.45) is 17.9 Å². The van der Waals surface area contributed by atoms with Crippen molar-refractivity contribution in [2.75, 3.05) is 5.73 Å². The van der Waals surface area contributed by atoms with Crippen LogP contribution >= 0.6 is 0 Å². The standard InChI is InChI=1S/C11H20N4O2S/c1-10(2)9(11(10,3)4)14-18(16,17)7-6-15(5)13-8(7)12/h6,9,14H,1-5H3,(H2,12,13). The lowest BCUT2D eigenvalue weighted by Crippen LogP contribution is -2.30. The quantitative estimate of drug-likeness (QED) is 0.848. The molecule has 1 heterocycles. The van der Waals surface area contributed by atoms with Crippen LogP contribution in [-0.4, -0.2) is 24.2 Å². The lowest BCUT2D eigenvalue weighted by atomic mass is 10.0. The molecule has 0 amide bonds. The zero-order chi connectivity index (χ0) is 13.9. The molecule has 0 spiro atoms. The molecule has 0 saturated heterocycles. The van der Waals surface area contributed by atoms with Gasteiger partial charge in [0.05, 0.1) is 0 Å². The van der Waals surface area contributed by atoms with E-state index in [0.717, 1.165) is 0 Å². The average Bonchev–Trinajstić information content (AvgIpc) is 2.52. The Morgan fingerprint density at radius 2 is 1.83 bits per heavy atom. The molecule has 0 atom stereocenters. The number of rotatable bonds is 3. The fraction of sp³-hybridized carbons (Fsp3) is 0.727. The van der Waals surface area contributed by atoms with Crippen LogP contribution in [-0.2, 0) is 17.1 Å². The van der Waals surface area contributed by atoms with Crippen LogP contribution < -0.4 is 10.5 Å². The van der Waals surface area contributed by atoms with Gasteiger partial charge < -0.3 is 5.73 Å². The van der Waals surface area contributed by atoms with Crippen molar-refractivity contribution in [2.45, 2.75) is 38.6 Å². The topological polar surface area (TPSA) is 90.0 Å². The van der Waals surface area contributed by atoms with E-state index in [1.54, 1.807) is 7.05 Å². The lowest BCUT2D eigenvalue weighted by molar-refractivity contribution is 0.457. The van der Waals surface area contributed by atoms with Gasteiger partial charge in [-0.15, -0.1) is 0 Å². The smallest absolute Gasteiger partial charge is 0.246 e. The van der Waals surface area contributed by atoms with Crippen molar-refractivity contribution in [3.8, 4) is 0 Å². The number of anilines is 1. The second kappa shape index (κ2) is 3.48. The van der Waals surface area contributed by atoms with Crippen LogP contribution in [0.5, 0.6) is 0 Å². The Morgan fingerprint density at radius 3 is 2.17 bits per heavy atom. The zero-order valence-corrected chi connectivity index (χ0v) is 12.2. The van der Waals surface area contributed by atoms with Gasteiger partial charge in [0.25, 0.3) is 0 Å². The van der Waals surface area contributed by atoms with Crippen LogP contribution in [0.15, 0.2) is 11.1 Å². The fourth-order valence-electron chi connectivity index (χ4n) is 2.40. The van der Waals surface area contributed by atoms with Crippen LogP contribution in [0.4, 0.5) is 5.82 Å². The van der Waals surface area contributed by atoms with Gasteiger partial charge in [-0.05, 0) is 10.8 Å². The number of hydrogen-bond acceptors (Lipinski definition) is 4. The van der Waals surface area contributed by atoms with Crippen molar-refractivity contribution in [1.82, 2.24) is 14.5 Å². The number of nitrogens with two attached hydrogens (primary N) is 1. The number of aromatic nitrogens is 2. The molecule has 1 aromatic rings. The van der Waals surface area contributed by atoms with Crippen LogP contribution in [0.1, 0.15) is 27.7 Å². The van der Waals surface area contributed by atoms with Crippen molar-refractivity contribution in [3.05, 3.63) is 6.20 Å². The molecule has 3 N–H and O–H groups in total. The summed E-state index contributed by atoms with van der Waals surface area (Å²) in [6, 6.07) is -0.0883. The van der Waals surface area contributed by atoms with E-state index >= 15 is 0 Å². The van der Waals surface area contributed by atoms with Gasteiger partial charge >= 0.3 is 0 Å². The summed E-state index contributed by atoms with van der Waals surface area (Å²) in [5.41, 5.74) is 5.49. The van der Waals surface area contributed by atoms with Crippen molar-refractivity contribution < 1.29 is 8.42 Å². The minimum absolute atomic E-state index is 0.0289. The highest BCUT2D eigenvalue weighted by molar-refractivity contribution is 7.89. The summed E-state index contributed by atoms with van der Waals surface area (Å²) in [4.78, 5) is 0.0449. The third kappa shape index (κ3) is 1.73. The maximum atomic E-state index is 12.2. The second-order valence-electron chi connectivity index (χ2n) is 6.05. The van der Waals surface area contributed by atoms with Gasteiger partial charge in [-0.1, -0.05) is 27.7 Å². The van der Waals surface area contributed by atoms with Gasteiger partial charge in [0.15, 0.2) is 5.82 Å². The van der Waals surface area contributed by atoms with Crippen molar-refractivity contribution in [3.63, 3.8) is 0 Å². The van der Waals surface area contributed by atoms with E-state index in [-0.39, 0.29) is 27.6 Å². The highest BCUT2D eigenvalue weighted by Crippen LogP contribution is 2.62. The maximum Gasteiger partial charge on any atom is 0.246 e. The predicted octanol–water partition coefficient (Wildman–Crippen LogP) is 0.715. The summed E-state index contributed by atoms with van der Waals surface area (Å²) >= 11 is 0. The highest BCUT2D eigenvalue weighted by atomic mass is 32.2. The Bertz CT molecular complexity index is 572. The first-order valence-corrected chi connectivity index (χ1v) is 7.30. The first-order chi connectivity index (χ1) is 8.00. The fourth-order valence-corrected chi connectivity index (χ4v) is 4.03. The molecule has 1 aromatic heterocycles. The van der Waals surface area contributed by atoms with E-state index in [9.17, 15) is 8.42 Å². The van der Waals surface area contributed by atoms with E-state index in [4.69, 9.17) is 5.73 Å². The molecule has 0 aliphatic heterocycles. The summed E-state index contributed by atoms with van der Waals surface area (Å²) in [6.07, 6.45) is 1.42. The van der Waals surface area contributed by atoms with E-state index in [2.05, 4.69) is 9.82 Å². The SMILES string of the molecule is Cn1cc(S(=O)(=O)NC2C(C)(C)C2(C)C)c(N)n1. The Labute approximate surface area is 108 Å². The Kier molecular flexibility index (Phi) is 2.58. The number of nitrogens with zero attached hydrogens (tertiary/aromatic N) is 2. The van der Waals surface area contributed by atoms with Crippen LogP contribution in [0.25, 0.3) is 0 Å². The Morgan fingerprint density at radius 1 is 1.33 bits per heavy atom. The molecule has 7 heteroatoms. The first-order valence-electron chi connectivity index (χ1n) is 5.81. The zero-order valence-electron chi connectivity index (χ0n) is 11.4. The molecule has 0 aromatic carbocycles. The van der Waals surface area contributed by atoms with E-state index in [1.165, 1.54) is 10.9 Å². The summed E-state index contributed by atoms with van der Waals surface area (Å²) in [7, 11) is -1.97. The average molecular weight is 272 g/mol. The molecule has 1 aliphatic carbocycles. The van der Waals surface area contributed by atoms with Gasteiger partial charge in [0.1, 0.15) is 4.90 Å². The Balaban J connectivity index is 2.28. The van der Waals surface area contributed by atoms with Gasteiger partial charge in [0, 0.05) is 19.3 Å². The third-order valence-corrected chi connectivity index (χ3v) is 5.84. The first kappa shape index (κ1) is 13.4. The van der Waals surface area contributed by atoms with Crippen LogP contribution in [0.3, 0.4) is 0 Å². The van der Waals surface area contributed by atoms with Crippen LogP contribution in [0, 0.1) is 10.8 Å². The largest absolute Gasteiger partial charge is 0.381 e. The highest BCUT2D eigenvalue weighted by Gasteiger charge is 2.66. The summed E-state index contributed by atoms with van der Waals surface area (Å²) < 4.78 is 28.6. The molecule has 18 heavy (non-hydrogen) atoms. The minimum Gasteiger partial charge on any atom is -0.381 e. The molecule has 0 radical (unpaired) electrons. The summed E-state index contributed by atoms with van der Waals surface area (Å²) in [6.45, 7) is 8.19. The molecule has 2 rings (SSSR count). The molecular formula is C11H20N4O2S. The van der Waals surface area contributed by atoms with Gasteiger partial charge in [-0.3, -0.25) is 4.68 Å². The molecule has 0 bridgehead atoms. The predicted molar refractivity (Wildman–Crippen MR) is 69.3 cm³/mol. The Hall–Kier alpha value is -1.08. The number of aryl methyl sites for hydroxylation is 1. The van der Waals surface area contributed by atoms with Gasteiger partial charge in [-0.2, -0.15) is 5.10 Å². The van der Waals surface area contributed by atoms with Crippen molar-refractivity contribution >= 4 is 15.8 Å². The number of nitrogens with one attached hydrogen (secondary N) is 1. The third-order valence-electron chi connectivity index (χ3n) is 4.41. The minimum atomic E-state index is -3.61. The molecule has 0 unspecified atom stereocenters. The van der Waals surface area contributed by atoms with Gasteiger partial charge in [0.2, 0.25) is 10.0 Å². The van der Waals surface area contributed by atoms with Crippen molar-refractivity contribution in [1.29, 1.82) is 0 Å². The monoisotopic (exact) mass is 272 g/mol. The molecule has 1 fully saturated rings. The molecule has 6 nitrogen and oxygen atoms in total. The van der Waals surface area contributed by atoms with E-state index < -0.39 is 10.0 Å². The number of hydrogen-bond donors (Lipinski definition) is 2. The van der Waals surface area contributed by atoms with E-state index in [1.807, 2.05) is 27.7 Å². The molecule has 1 aliphatic rings. The summed E-state index contributed by atoms with van der Waals surface area (Å²) in [5.74, 6) is 0.0289. The second-order valence-corrected chi connectivity index (χ2v) is 7.73. The number of nitrogen functional groups attached to an aromatic ring is 1. The number of sulfonamides is 1. The molecule has 1 saturated carbocycles. The lowest BCUT2D eigenvalue weighted by Gasteiger charge is -2.06.